The first kappa shape index (κ1) is 16.0. The zero-order valence-electron chi connectivity index (χ0n) is 14.4. The predicted octanol–water partition coefficient (Wildman–Crippen LogP) is 3.91. The standard InChI is InChI=1S/C19H15N5O2S/c1-26-11-3-4-14-12(7-11)13-8-20-24-18(13)19(23-14)21-10-2-5-16-15(6-10)22-17(25)9-27-16/h2-8H,9H2,1H3,(H,20,24)(H,21,23)(H,22,25). The number of fused-ring (bicyclic) bond motifs is 4. The number of anilines is 3. The third kappa shape index (κ3) is 2.74. The second kappa shape index (κ2) is 6.17. The number of ether oxygens (including phenoxy) is 1. The number of amides is 1. The van der Waals surface area contributed by atoms with Crippen LogP contribution in [0.4, 0.5) is 17.2 Å². The lowest BCUT2D eigenvalue weighted by Crippen LogP contribution is -2.18. The zero-order chi connectivity index (χ0) is 18.4. The largest absolute Gasteiger partial charge is 0.497 e. The minimum atomic E-state index is 0.0124. The molecule has 5 rings (SSSR count). The van der Waals surface area contributed by atoms with Gasteiger partial charge < -0.3 is 15.4 Å². The molecule has 0 spiro atoms. The lowest BCUT2D eigenvalue weighted by molar-refractivity contribution is -0.113. The molecule has 0 atom stereocenters. The molecule has 0 radical (unpaired) electrons. The molecule has 4 aromatic rings. The Morgan fingerprint density at radius 1 is 1.19 bits per heavy atom. The van der Waals surface area contributed by atoms with Crippen LogP contribution in [0.1, 0.15) is 0 Å². The molecule has 27 heavy (non-hydrogen) atoms. The number of hydrogen-bond donors (Lipinski definition) is 3. The summed E-state index contributed by atoms with van der Waals surface area (Å²) in [6.45, 7) is 0. The molecule has 2 aromatic heterocycles. The number of carbonyl (C=O) groups is 1. The highest BCUT2D eigenvalue weighted by Gasteiger charge is 2.16. The average molecular weight is 377 g/mol. The summed E-state index contributed by atoms with van der Waals surface area (Å²) >= 11 is 1.54. The molecule has 0 saturated carbocycles. The van der Waals surface area contributed by atoms with Crippen LogP contribution in [-0.2, 0) is 4.79 Å². The topological polar surface area (TPSA) is 91.9 Å². The van der Waals surface area contributed by atoms with E-state index in [-0.39, 0.29) is 5.91 Å². The number of carbonyl (C=O) groups excluding carboxylic acids is 1. The van der Waals surface area contributed by atoms with Crippen molar-refractivity contribution in [2.24, 2.45) is 0 Å². The van der Waals surface area contributed by atoms with Gasteiger partial charge in [-0.05, 0) is 36.4 Å². The number of nitrogens with zero attached hydrogens (tertiary/aromatic N) is 2. The summed E-state index contributed by atoms with van der Waals surface area (Å²) in [5, 5.41) is 15.4. The number of rotatable bonds is 3. The van der Waals surface area contributed by atoms with Gasteiger partial charge in [0.25, 0.3) is 0 Å². The van der Waals surface area contributed by atoms with Crippen molar-refractivity contribution in [3.63, 3.8) is 0 Å². The summed E-state index contributed by atoms with van der Waals surface area (Å²) in [7, 11) is 1.64. The lowest BCUT2D eigenvalue weighted by Gasteiger charge is -2.17. The maximum atomic E-state index is 11.6. The van der Waals surface area contributed by atoms with E-state index in [9.17, 15) is 4.79 Å². The number of aromatic nitrogens is 3. The molecule has 134 valence electrons. The maximum absolute atomic E-state index is 11.6. The Morgan fingerprint density at radius 3 is 3.00 bits per heavy atom. The number of hydrogen-bond acceptors (Lipinski definition) is 6. The minimum absolute atomic E-state index is 0.0124. The van der Waals surface area contributed by atoms with Gasteiger partial charge in [-0.25, -0.2) is 4.98 Å². The first-order chi connectivity index (χ1) is 13.2. The fourth-order valence-corrected chi connectivity index (χ4v) is 3.98. The second-order valence-electron chi connectivity index (χ2n) is 6.17. The van der Waals surface area contributed by atoms with Crippen molar-refractivity contribution in [3.05, 3.63) is 42.6 Å². The fraction of sp³-hybridized carbons (Fsp3) is 0.105. The number of thioether (sulfide) groups is 1. The highest BCUT2D eigenvalue weighted by Crippen LogP contribution is 2.36. The monoisotopic (exact) mass is 377 g/mol. The van der Waals surface area contributed by atoms with Crippen LogP contribution >= 0.6 is 11.8 Å². The van der Waals surface area contributed by atoms with Gasteiger partial charge in [-0.15, -0.1) is 11.8 Å². The van der Waals surface area contributed by atoms with Gasteiger partial charge >= 0.3 is 0 Å². The van der Waals surface area contributed by atoms with Crippen molar-refractivity contribution >= 4 is 56.7 Å². The van der Waals surface area contributed by atoms with Crippen LogP contribution in [0.15, 0.2) is 47.5 Å². The summed E-state index contributed by atoms with van der Waals surface area (Å²) in [6, 6.07) is 11.7. The number of pyridine rings is 1. The van der Waals surface area contributed by atoms with Crippen LogP contribution in [0.3, 0.4) is 0 Å². The smallest absolute Gasteiger partial charge is 0.234 e. The van der Waals surface area contributed by atoms with Gasteiger partial charge in [-0.2, -0.15) is 5.10 Å². The molecule has 0 saturated heterocycles. The van der Waals surface area contributed by atoms with E-state index in [0.29, 0.717) is 11.6 Å². The quantitative estimate of drug-likeness (QED) is 0.501. The Morgan fingerprint density at radius 2 is 2.11 bits per heavy atom. The first-order valence-electron chi connectivity index (χ1n) is 8.36. The molecular formula is C19H15N5O2S. The Hall–Kier alpha value is -3.26. The second-order valence-corrected chi connectivity index (χ2v) is 7.19. The Kier molecular flexibility index (Phi) is 3.64. The van der Waals surface area contributed by atoms with E-state index in [1.165, 1.54) is 11.8 Å². The van der Waals surface area contributed by atoms with Crippen LogP contribution in [0.5, 0.6) is 5.75 Å². The molecule has 1 amide bonds. The van der Waals surface area contributed by atoms with Crippen molar-refractivity contribution in [1.29, 1.82) is 0 Å². The number of H-pyrrole nitrogens is 1. The summed E-state index contributed by atoms with van der Waals surface area (Å²) in [5.41, 5.74) is 3.31. The highest BCUT2D eigenvalue weighted by molar-refractivity contribution is 8.00. The molecular weight excluding hydrogens is 362 g/mol. The molecule has 0 aliphatic carbocycles. The van der Waals surface area contributed by atoms with Crippen molar-refractivity contribution in [1.82, 2.24) is 15.2 Å². The Balaban J connectivity index is 1.60. The summed E-state index contributed by atoms with van der Waals surface area (Å²) in [6.07, 6.45) is 1.79. The van der Waals surface area contributed by atoms with Crippen LogP contribution in [0.25, 0.3) is 21.8 Å². The van der Waals surface area contributed by atoms with Gasteiger partial charge in [0.05, 0.1) is 30.3 Å². The van der Waals surface area contributed by atoms with Crippen LogP contribution < -0.4 is 15.4 Å². The van der Waals surface area contributed by atoms with Gasteiger partial charge in [-0.1, -0.05) is 0 Å². The fourth-order valence-electron chi connectivity index (χ4n) is 3.19. The van der Waals surface area contributed by atoms with Gasteiger partial charge in [0.2, 0.25) is 5.91 Å². The number of aromatic amines is 1. The molecule has 3 heterocycles. The van der Waals surface area contributed by atoms with Crippen LogP contribution in [0.2, 0.25) is 0 Å². The van der Waals surface area contributed by atoms with E-state index in [1.807, 2.05) is 36.4 Å². The van der Waals surface area contributed by atoms with Gasteiger partial charge in [0.1, 0.15) is 11.3 Å². The van der Waals surface area contributed by atoms with Crippen LogP contribution in [-0.4, -0.2) is 34.0 Å². The van der Waals surface area contributed by atoms with Gasteiger partial charge in [0, 0.05) is 21.4 Å². The normalized spacial score (nSPS) is 13.4. The van der Waals surface area contributed by atoms with E-state index in [1.54, 1.807) is 13.3 Å². The summed E-state index contributed by atoms with van der Waals surface area (Å²) in [5.74, 6) is 1.91. The average Bonchev–Trinajstić information content (AvgIpc) is 3.18. The molecule has 1 aliphatic rings. The van der Waals surface area contributed by atoms with E-state index >= 15 is 0 Å². The molecule has 7 nitrogen and oxygen atoms in total. The highest BCUT2D eigenvalue weighted by atomic mass is 32.2. The summed E-state index contributed by atoms with van der Waals surface area (Å²) < 4.78 is 5.32. The zero-order valence-corrected chi connectivity index (χ0v) is 15.2. The minimum Gasteiger partial charge on any atom is -0.497 e. The van der Waals surface area contributed by atoms with E-state index in [0.717, 1.165) is 43.8 Å². The third-order valence-corrected chi connectivity index (χ3v) is 5.55. The Bertz CT molecular complexity index is 1200. The molecule has 2 aromatic carbocycles. The number of methoxy groups -OCH3 is 1. The number of nitrogens with one attached hydrogen (secondary N) is 3. The van der Waals surface area contributed by atoms with Crippen molar-refractivity contribution < 1.29 is 9.53 Å². The molecule has 1 aliphatic heterocycles. The van der Waals surface area contributed by atoms with Crippen molar-refractivity contribution in [3.8, 4) is 5.75 Å². The maximum Gasteiger partial charge on any atom is 0.234 e. The van der Waals surface area contributed by atoms with E-state index in [4.69, 9.17) is 9.72 Å². The summed E-state index contributed by atoms with van der Waals surface area (Å²) in [4.78, 5) is 17.4. The molecule has 8 heteroatoms. The van der Waals surface area contributed by atoms with E-state index in [2.05, 4.69) is 20.8 Å². The van der Waals surface area contributed by atoms with Crippen LogP contribution in [0, 0.1) is 0 Å². The Labute approximate surface area is 158 Å². The third-order valence-electron chi connectivity index (χ3n) is 4.48. The molecule has 0 unspecified atom stereocenters. The van der Waals surface area contributed by atoms with Crippen molar-refractivity contribution in [2.45, 2.75) is 4.90 Å². The van der Waals surface area contributed by atoms with Gasteiger partial charge in [-0.3, -0.25) is 9.89 Å². The lowest BCUT2D eigenvalue weighted by atomic mass is 10.1. The molecule has 3 N–H and O–H groups in total. The first-order valence-corrected chi connectivity index (χ1v) is 9.34. The SMILES string of the molecule is COc1ccc2nc(Nc3ccc4c(c3)NC(=O)CS4)c3[nH]ncc3c2c1. The number of benzene rings is 2. The molecule has 0 fully saturated rings. The van der Waals surface area contributed by atoms with Gasteiger partial charge in [0.15, 0.2) is 5.82 Å². The molecule has 0 bridgehead atoms. The van der Waals surface area contributed by atoms with E-state index < -0.39 is 0 Å². The predicted molar refractivity (Wildman–Crippen MR) is 107 cm³/mol. The van der Waals surface area contributed by atoms with Crippen molar-refractivity contribution in [2.75, 3.05) is 23.5 Å².